The highest BCUT2D eigenvalue weighted by molar-refractivity contribution is 5.95. The van der Waals surface area contributed by atoms with E-state index in [-0.39, 0.29) is 24.0 Å². The molecule has 0 atom stereocenters. The summed E-state index contributed by atoms with van der Waals surface area (Å²) in [6.45, 7) is 1.43. The average molecular weight is 248 g/mol. The first-order valence-electron chi connectivity index (χ1n) is 5.91. The minimum Gasteiger partial charge on any atom is -0.393 e. The maximum absolute atomic E-state index is 11.8. The third-order valence-corrected chi connectivity index (χ3v) is 2.92. The van der Waals surface area contributed by atoms with Crippen LogP contribution in [0.2, 0.25) is 0 Å². The predicted octanol–water partition coefficient (Wildman–Crippen LogP) is 0.898. The lowest BCUT2D eigenvalue weighted by Crippen LogP contribution is -2.46. The van der Waals surface area contributed by atoms with E-state index in [0.717, 1.165) is 0 Å². The molecule has 0 spiro atoms. The second kappa shape index (κ2) is 5.18. The summed E-state index contributed by atoms with van der Waals surface area (Å²) >= 11 is 0. The monoisotopic (exact) mass is 248 g/mol. The molecule has 0 aliphatic heterocycles. The molecule has 1 aromatic rings. The van der Waals surface area contributed by atoms with Crippen LogP contribution >= 0.6 is 0 Å². The molecule has 96 valence electrons. The lowest BCUT2D eigenvalue weighted by atomic mass is 9.89. The molecule has 18 heavy (non-hydrogen) atoms. The summed E-state index contributed by atoms with van der Waals surface area (Å²) in [5, 5.41) is 14.6. The van der Waals surface area contributed by atoms with Crippen LogP contribution in [-0.2, 0) is 4.79 Å². The van der Waals surface area contributed by atoms with Crippen LogP contribution in [-0.4, -0.2) is 29.1 Å². The fraction of sp³-hybridized carbons (Fsp3) is 0.385. The Hall–Kier alpha value is -1.88. The Morgan fingerprint density at radius 1 is 1.22 bits per heavy atom. The number of amides is 2. The number of aliphatic hydroxyl groups excluding tert-OH is 1. The summed E-state index contributed by atoms with van der Waals surface area (Å²) in [6, 6.07) is 6.77. The molecular formula is C13H16N2O3. The van der Waals surface area contributed by atoms with Gasteiger partial charge < -0.3 is 15.7 Å². The zero-order chi connectivity index (χ0) is 13.1. The highest BCUT2D eigenvalue weighted by Gasteiger charge is 2.28. The lowest BCUT2D eigenvalue weighted by Gasteiger charge is -2.31. The fourth-order valence-corrected chi connectivity index (χ4v) is 1.88. The number of hydrogen-bond donors (Lipinski definition) is 3. The van der Waals surface area contributed by atoms with Crippen LogP contribution in [0.4, 0.5) is 5.69 Å². The summed E-state index contributed by atoms with van der Waals surface area (Å²) in [5.41, 5.74) is 1.21. The topological polar surface area (TPSA) is 78.4 Å². The Bertz CT molecular complexity index is 450. The maximum Gasteiger partial charge on any atom is 0.251 e. The van der Waals surface area contributed by atoms with Gasteiger partial charge in [-0.15, -0.1) is 0 Å². The molecule has 0 unspecified atom stereocenters. The normalized spacial score (nSPS) is 21.9. The largest absolute Gasteiger partial charge is 0.393 e. The molecule has 5 heteroatoms. The molecule has 0 aromatic heterocycles. The van der Waals surface area contributed by atoms with Gasteiger partial charge in [0.15, 0.2) is 0 Å². The minimum absolute atomic E-state index is 0.0718. The van der Waals surface area contributed by atoms with Gasteiger partial charge in [-0.2, -0.15) is 0 Å². The van der Waals surface area contributed by atoms with E-state index < -0.39 is 0 Å². The molecule has 2 rings (SSSR count). The van der Waals surface area contributed by atoms with Crippen molar-refractivity contribution in [3.63, 3.8) is 0 Å². The van der Waals surface area contributed by atoms with Crippen molar-refractivity contribution in [2.24, 2.45) is 0 Å². The van der Waals surface area contributed by atoms with E-state index in [1.807, 2.05) is 0 Å². The standard InChI is InChI=1S/C13H16N2O3/c1-8(16)14-10-4-2-9(3-5-10)13(18)15-11-6-12(17)7-11/h2-5,11-12,17H,6-7H2,1H3,(H,14,16)(H,15,18). The van der Waals surface area contributed by atoms with Crippen LogP contribution in [0.25, 0.3) is 0 Å². The molecule has 0 heterocycles. The first-order chi connectivity index (χ1) is 8.54. The number of carbonyl (C=O) groups is 2. The van der Waals surface area contributed by atoms with E-state index in [4.69, 9.17) is 5.11 Å². The molecule has 3 N–H and O–H groups in total. The molecule has 1 saturated carbocycles. The number of aliphatic hydroxyl groups is 1. The van der Waals surface area contributed by atoms with E-state index in [1.165, 1.54) is 6.92 Å². The highest BCUT2D eigenvalue weighted by Crippen LogP contribution is 2.20. The van der Waals surface area contributed by atoms with Crippen LogP contribution in [0.15, 0.2) is 24.3 Å². The zero-order valence-corrected chi connectivity index (χ0v) is 10.1. The number of hydrogen-bond acceptors (Lipinski definition) is 3. The van der Waals surface area contributed by atoms with Gasteiger partial charge in [0.25, 0.3) is 5.91 Å². The van der Waals surface area contributed by atoms with Gasteiger partial charge in [0.2, 0.25) is 5.91 Å². The molecular weight excluding hydrogens is 232 g/mol. The number of rotatable bonds is 3. The molecule has 0 bridgehead atoms. The number of benzene rings is 1. The van der Waals surface area contributed by atoms with Crippen molar-refractivity contribution in [3.8, 4) is 0 Å². The van der Waals surface area contributed by atoms with Crippen molar-refractivity contribution in [2.75, 3.05) is 5.32 Å². The minimum atomic E-state index is -0.280. The Balaban J connectivity index is 1.92. The molecule has 1 aliphatic rings. The number of anilines is 1. The second-order valence-electron chi connectivity index (χ2n) is 4.55. The van der Waals surface area contributed by atoms with E-state index in [9.17, 15) is 9.59 Å². The van der Waals surface area contributed by atoms with Gasteiger partial charge in [0.1, 0.15) is 0 Å². The van der Waals surface area contributed by atoms with Crippen molar-refractivity contribution in [1.29, 1.82) is 0 Å². The van der Waals surface area contributed by atoms with E-state index in [0.29, 0.717) is 24.1 Å². The van der Waals surface area contributed by atoms with Crippen LogP contribution in [0, 0.1) is 0 Å². The number of carbonyl (C=O) groups excluding carboxylic acids is 2. The Morgan fingerprint density at radius 3 is 2.33 bits per heavy atom. The molecule has 0 saturated heterocycles. The molecule has 5 nitrogen and oxygen atoms in total. The van der Waals surface area contributed by atoms with Crippen molar-refractivity contribution in [2.45, 2.75) is 31.9 Å². The van der Waals surface area contributed by atoms with Gasteiger partial charge >= 0.3 is 0 Å². The van der Waals surface area contributed by atoms with Crippen LogP contribution in [0.1, 0.15) is 30.1 Å². The SMILES string of the molecule is CC(=O)Nc1ccc(C(=O)NC2CC(O)C2)cc1. The van der Waals surface area contributed by atoms with Gasteiger partial charge in [0.05, 0.1) is 6.10 Å². The van der Waals surface area contributed by atoms with Crippen LogP contribution in [0.5, 0.6) is 0 Å². The Kier molecular flexibility index (Phi) is 3.62. The zero-order valence-electron chi connectivity index (χ0n) is 10.1. The average Bonchev–Trinajstić information content (AvgIpc) is 2.27. The summed E-state index contributed by atoms with van der Waals surface area (Å²) in [4.78, 5) is 22.6. The third kappa shape index (κ3) is 3.07. The Morgan fingerprint density at radius 2 is 1.83 bits per heavy atom. The maximum atomic E-state index is 11.8. The van der Waals surface area contributed by atoms with E-state index >= 15 is 0 Å². The second-order valence-corrected chi connectivity index (χ2v) is 4.55. The fourth-order valence-electron chi connectivity index (χ4n) is 1.88. The van der Waals surface area contributed by atoms with E-state index in [1.54, 1.807) is 24.3 Å². The predicted molar refractivity (Wildman–Crippen MR) is 67.2 cm³/mol. The van der Waals surface area contributed by atoms with Gasteiger partial charge in [-0.05, 0) is 37.1 Å². The van der Waals surface area contributed by atoms with Crippen molar-refractivity contribution < 1.29 is 14.7 Å². The highest BCUT2D eigenvalue weighted by atomic mass is 16.3. The quantitative estimate of drug-likeness (QED) is 0.743. The van der Waals surface area contributed by atoms with Crippen molar-refractivity contribution >= 4 is 17.5 Å². The summed E-state index contributed by atoms with van der Waals surface area (Å²) in [6.07, 6.45) is 0.961. The smallest absolute Gasteiger partial charge is 0.251 e. The number of nitrogens with one attached hydrogen (secondary N) is 2. The van der Waals surface area contributed by atoms with Gasteiger partial charge in [-0.1, -0.05) is 0 Å². The Labute approximate surface area is 105 Å². The first-order valence-corrected chi connectivity index (χ1v) is 5.91. The molecule has 1 aliphatic carbocycles. The van der Waals surface area contributed by atoms with Crippen LogP contribution in [0.3, 0.4) is 0 Å². The third-order valence-electron chi connectivity index (χ3n) is 2.92. The molecule has 1 aromatic carbocycles. The van der Waals surface area contributed by atoms with Gasteiger partial charge in [0, 0.05) is 24.2 Å². The van der Waals surface area contributed by atoms with Crippen molar-refractivity contribution in [3.05, 3.63) is 29.8 Å². The lowest BCUT2D eigenvalue weighted by molar-refractivity contribution is -0.114. The first kappa shape index (κ1) is 12.6. The van der Waals surface area contributed by atoms with Gasteiger partial charge in [-0.3, -0.25) is 9.59 Å². The summed E-state index contributed by atoms with van der Waals surface area (Å²) < 4.78 is 0. The molecule has 2 amide bonds. The summed E-state index contributed by atoms with van der Waals surface area (Å²) in [5.74, 6) is -0.295. The molecule has 0 radical (unpaired) electrons. The van der Waals surface area contributed by atoms with Crippen molar-refractivity contribution in [1.82, 2.24) is 5.32 Å². The van der Waals surface area contributed by atoms with E-state index in [2.05, 4.69) is 10.6 Å². The van der Waals surface area contributed by atoms with Gasteiger partial charge in [-0.25, -0.2) is 0 Å². The summed E-state index contributed by atoms with van der Waals surface area (Å²) in [7, 11) is 0. The van der Waals surface area contributed by atoms with Crippen LogP contribution < -0.4 is 10.6 Å². The molecule has 1 fully saturated rings.